The first-order valence-corrected chi connectivity index (χ1v) is 9.58. The summed E-state index contributed by atoms with van der Waals surface area (Å²) in [6.07, 6.45) is 1.87. The van der Waals surface area contributed by atoms with E-state index in [9.17, 15) is 4.79 Å². The van der Waals surface area contributed by atoms with Crippen molar-refractivity contribution in [2.75, 3.05) is 13.2 Å². The zero-order valence-corrected chi connectivity index (χ0v) is 16.2. The van der Waals surface area contributed by atoms with Crippen LogP contribution in [0.15, 0.2) is 58.4 Å². The molecule has 2 aromatic carbocycles. The molecule has 4 nitrogen and oxygen atoms in total. The van der Waals surface area contributed by atoms with Crippen LogP contribution in [0, 0.1) is 0 Å². The van der Waals surface area contributed by atoms with Crippen molar-refractivity contribution in [3.8, 4) is 5.75 Å². The van der Waals surface area contributed by atoms with Crippen LogP contribution in [0.3, 0.4) is 0 Å². The fraction of sp³-hybridized carbons (Fsp3) is 0.200. The number of nitrogens with zero attached hydrogens (tertiary/aromatic N) is 2. The Bertz CT molecular complexity index is 880. The zero-order valence-electron chi connectivity index (χ0n) is 14.6. The number of thioether (sulfide) groups is 1. The van der Waals surface area contributed by atoms with E-state index in [1.165, 1.54) is 11.8 Å². The summed E-state index contributed by atoms with van der Waals surface area (Å²) in [6.45, 7) is 5.04. The van der Waals surface area contributed by atoms with E-state index in [0.29, 0.717) is 28.2 Å². The molecule has 0 aromatic heterocycles. The molecule has 0 bridgehead atoms. The summed E-state index contributed by atoms with van der Waals surface area (Å²) in [5.41, 5.74) is 1.65. The molecule has 1 aliphatic heterocycles. The van der Waals surface area contributed by atoms with Gasteiger partial charge < -0.3 is 4.74 Å². The summed E-state index contributed by atoms with van der Waals surface area (Å²) in [5, 5.41) is 1.28. The minimum absolute atomic E-state index is 0.0416. The molecule has 1 aliphatic rings. The predicted molar refractivity (Wildman–Crippen MR) is 109 cm³/mol. The van der Waals surface area contributed by atoms with Gasteiger partial charge in [0.2, 0.25) is 0 Å². The number of carbonyl (C=O) groups is 1. The number of rotatable bonds is 5. The van der Waals surface area contributed by atoms with Crippen LogP contribution in [-0.2, 0) is 4.79 Å². The van der Waals surface area contributed by atoms with Crippen molar-refractivity contribution in [1.82, 2.24) is 4.90 Å². The maximum atomic E-state index is 12.7. The van der Waals surface area contributed by atoms with Crippen molar-refractivity contribution < 1.29 is 9.53 Å². The maximum absolute atomic E-state index is 12.7. The molecule has 1 saturated heterocycles. The van der Waals surface area contributed by atoms with Crippen molar-refractivity contribution in [2.45, 2.75) is 13.8 Å². The van der Waals surface area contributed by atoms with E-state index in [4.69, 9.17) is 16.3 Å². The molecule has 0 atom stereocenters. The molecule has 0 spiro atoms. The molecular weight excluding hydrogens is 368 g/mol. The van der Waals surface area contributed by atoms with Crippen LogP contribution in [0.4, 0.5) is 5.69 Å². The average molecular weight is 387 g/mol. The Balaban J connectivity index is 1.90. The van der Waals surface area contributed by atoms with E-state index < -0.39 is 0 Å². The normalized spacial score (nSPS) is 17.3. The van der Waals surface area contributed by atoms with E-state index in [1.54, 1.807) is 17.0 Å². The molecule has 1 heterocycles. The highest BCUT2D eigenvalue weighted by atomic mass is 35.5. The number of likely N-dealkylation sites (N-methyl/N-ethyl adjacent to an activating group) is 1. The van der Waals surface area contributed by atoms with Crippen molar-refractivity contribution in [1.29, 1.82) is 0 Å². The Morgan fingerprint density at radius 1 is 1.19 bits per heavy atom. The highest BCUT2D eigenvalue weighted by molar-refractivity contribution is 8.18. The first kappa shape index (κ1) is 18.5. The summed E-state index contributed by atoms with van der Waals surface area (Å²) in [4.78, 5) is 19.6. The van der Waals surface area contributed by atoms with Crippen LogP contribution >= 0.6 is 23.4 Å². The molecule has 0 N–H and O–H groups in total. The summed E-state index contributed by atoms with van der Waals surface area (Å²) in [6, 6.07) is 15.0. The number of benzene rings is 2. The van der Waals surface area contributed by atoms with E-state index in [2.05, 4.69) is 4.99 Å². The minimum Gasteiger partial charge on any atom is -0.494 e. The van der Waals surface area contributed by atoms with Crippen LogP contribution < -0.4 is 4.74 Å². The first-order valence-electron chi connectivity index (χ1n) is 8.39. The lowest BCUT2D eigenvalue weighted by Crippen LogP contribution is -2.28. The fourth-order valence-corrected chi connectivity index (χ4v) is 3.79. The number of amides is 1. The van der Waals surface area contributed by atoms with Gasteiger partial charge in [0.05, 0.1) is 17.2 Å². The fourth-order valence-electron chi connectivity index (χ4n) is 2.54. The second kappa shape index (κ2) is 8.43. The van der Waals surface area contributed by atoms with Gasteiger partial charge in [0, 0.05) is 11.6 Å². The van der Waals surface area contributed by atoms with E-state index in [-0.39, 0.29) is 5.91 Å². The van der Waals surface area contributed by atoms with Gasteiger partial charge in [-0.15, -0.1) is 0 Å². The molecular formula is C20H19ClN2O2S. The smallest absolute Gasteiger partial charge is 0.266 e. The lowest BCUT2D eigenvalue weighted by molar-refractivity contribution is -0.122. The van der Waals surface area contributed by atoms with Crippen LogP contribution in [-0.4, -0.2) is 29.1 Å². The maximum Gasteiger partial charge on any atom is 0.266 e. The second-order valence-corrected chi connectivity index (χ2v) is 6.99. The molecule has 6 heteroatoms. The molecule has 26 heavy (non-hydrogen) atoms. The third-order valence-electron chi connectivity index (χ3n) is 3.70. The van der Waals surface area contributed by atoms with Crippen molar-refractivity contribution >= 4 is 46.2 Å². The monoisotopic (exact) mass is 386 g/mol. The van der Waals surface area contributed by atoms with Crippen LogP contribution in [0.1, 0.15) is 19.4 Å². The molecule has 0 unspecified atom stereocenters. The Morgan fingerprint density at radius 2 is 2.00 bits per heavy atom. The molecule has 0 saturated carbocycles. The lowest BCUT2D eigenvalue weighted by atomic mass is 10.2. The van der Waals surface area contributed by atoms with Crippen LogP contribution in [0.2, 0.25) is 5.02 Å². The van der Waals surface area contributed by atoms with Gasteiger partial charge in [-0.1, -0.05) is 29.8 Å². The topological polar surface area (TPSA) is 41.9 Å². The van der Waals surface area contributed by atoms with Crippen molar-refractivity contribution in [3.63, 3.8) is 0 Å². The number of aliphatic imine (C=N–C) groups is 1. The highest BCUT2D eigenvalue weighted by Gasteiger charge is 2.32. The Labute approximate surface area is 162 Å². The van der Waals surface area contributed by atoms with Gasteiger partial charge in [-0.25, -0.2) is 4.99 Å². The molecule has 0 aliphatic carbocycles. The van der Waals surface area contributed by atoms with Gasteiger partial charge in [0.15, 0.2) is 5.17 Å². The van der Waals surface area contributed by atoms with Gasteiger partial charge in [0.25, 0.3) is 5.91 Å². The van der Waals surface area contributed by atoms with Crippen molar-refractivity contribution in [3.05, 3.63) is 64.0 Å². The molecule has 1 amide bonds. The van der Waals surface area contributed by atoms with Crippen LogP contribution in [0.25, 0.3) is 6.08 Å². The molecule has 2 aromatic rings. The molecule has 134 valence electrons. The molecule has 1 fully saturated rings. The number of carbonyl (C=O) groups excluding carboxylic acids is 1. The van der Waals surface area contributed by atoms with Crippen molar-refractivity contribution in [2.24, 2.45) is 4.99 Å². The van der Waals surface area contributed by atoms with Gasteiger partial charge in [-0.05, 0) is 67.6 Å². The summed E-state index contributed by atoms with van der Waals surface area (Å²) >= 11 is 7.40. The summed E-state index contributed by atoms with van der Waals surface area (Å²) in [5.74, 6) is 0.748. The van der Waals surface area contributed by atoms with E-state index >= 15 is 0 Å². The largest absolute Gasteiger partial charge is 0.494 e. The van der Waals surface area contributed by atoms with Gasteiger partial charge in [-0.3, -0.25) is 9.69 Å². The highest BCUT2D eigenvalue weighted by Crippen LogP contribution is 2.34. The first-order chi connectivity index (χ1) is 12.6. The van der Waals surface area contributed by atoms with Crippen LogP contribution in [0.5, 0.6) is 5.75 Å². The number of hydrogen-bond donors (Lipinski definition) is 0. The zero-order chi connectivity index (χ0) is 18.5. The second-order valence-electron chi connectivity index (χ2n) is 5.54. The van der Waals surface area contributed by atoms with Gasteiger partial charge in [-0.2, -0.15) is 0 Å². The standard InChI is InChI=1S/C20H19ClN2O2S/c1-3-23-19(24)18(12-14-7-5-10-17(11-14)25-4-2)26-20(23)22-16-9-6-8-15(21)13-16/h5-13H,3-4H2,1-2H3/b18-12-,22-20?. The quantitative estimate of drug-likeness (QED) is 0.649. The Kier molecular flexibility index (Phi) is 6.01. The van der Waals surface area contributed by atoms with Gasteiger partial charge in [0.1, 0.15) is 5.75 Å². The summed E-state index contributed by atoms with van der Waals surface area (Å²) in [7, 11) is 0. The molecule has 3 rings (SSSR count). The average Bonchev–Trinajstić information content (AvgIpc) is 2.90. The van der Waals surface area contributed by atoms with Gasteiger partial charge >= 0.3 is 0 Å². The number of ether oxygens (including phenoxy) is 1. The lowest BCUT2D eigenvalue weighted by Gasteiger charge is -2.12. The number of amidine groups is 1. The van der Waals surface area contributed by atoms with E-state index in [1.807, 2.05) is 56.3 Å². The predicted octanol–water partition coefficient (Wildman–Crippen LogP) is 5.36. The SMILES string of the molecule is CCOc1cccc(/C=C2\SC(=Nc3cccc(Cl)c3)N(CC)C2=O)c1. The minimum atomic E-state index is -0.0416. The third kappa shape index (κ3) is 4.29. The Hall–Kier alpha value is -2.24. The number of halogens is 1. The Morgan fingerprint density at radius 3 is 2.73 bits per heavy atom. The van der Waals surface area contributed by atoms with E-state index in [0.717, 1.165) is 17.0 Å². The number of hydrogen-bond acceptors (Lipinski definition) is 4. The molecule has 0 radical (unpaired) electrons. The summed E-state index contributed by atoms with van der Waals surface area (Å²) < 4.78 is 5.52. The third-order valence-corrected chi connectivity index (χ3v) is 4.95.